The van der Waals surface area contributed by atoms with Gasteiger partial charge in [-0.15, -0.1) is 0 Å². The van der Waals surface area contributed by atoms with Crippen molar-refractivity contribution in [3.63, 3.8) is 0 Å². The van der Waals surface area contributed by atoms with E-state index in [1.807, 2.05) is 20.8 Å². The van der Waals surface area contributed by atoms with Gasteiger partial charge in [-0.1, -0.05) is 20.8 Å². The molecule has 2 aromatic carbocycles. The topological polar surface area (TPSA) is 62.5 Å². The van der Waals surface area contributed by atoms with Gasteiger partial charge in [-0.3, -0.25) is 14.5 Å². The number of aromatic nitrogens is 1. The maximum absolute atomic E-state index is 13.4. The minimum absolute atomic E-state index is 0.0374. The Bertz CT molecular complexity index is 1220. The summed E-state index contributed by atoms with van der Waals surface area (Å²) in [5.41, 5.74) is 1.20. The Morgan fingerprint density at radius 3 is 2.12 bits per heavy atom. The average molecular weight is 656 g/mol. The number of carbonyl (C=O) groups excluding carboxylic acids is 2. The van der Waals surface area contributed by atoms with E-state index in [1.165, 1.54) is 4.90 Å². The highest BCUT2D eigenvalue weighted by Crippen LogP contribution is 2.60. The molecule has 7 heteroatoms. The summed E-state index contributed by atoms with van der Waals surface area (Å²) < 4.78 is 4.43. The van der Waals surface area contributed by atoms with Crippen LogP contribution in [0, 0.1) is 23.9 Å². The molecule has 1 saturated carbocycles. The fourth-order valence-electron chi connectivity index (χ4n) is 5.80. The molecule has 3 aromatic rings. The number of β-amino-alcohol motifs (C(OH)–C–C–N with tert-alkyl or cyclic N) is 1. The number of amides is 2. The van der Waals surface area contributed by atoms with E-state index < -0.39 is 11.5 Å². The van der Waals surface area contributed by atoms with Gasteiger partial charge in [0.2, 0.25) is 11.8 Å². The molecule has 1 aliphatic carbocycles. The van der Waals surface area contributed by atoms with Crippen molar-refractivity contribution in [3.05, 3.63) is 43.5 Å². The highest BCUT2D eigenvalue weighted by molar-refractivity contribution is 14.1. The second kappa shape index (κ2) is 7.66. The Hall–Kier alpha value is -1.20. The molecule has 2 fully saturated rings. The molecule has 2 amide bonds. The Kier molecular flexibility index (Phi) is 5.41. The molecule has 2 aliphatic rings. The van der Waals surface area contributed by atoms with Crippen LogP contribution in [0.1, 0.15) is 33.6 Å². The van der Waals surface area contributed by atoms with E-state index in [0.717, 1.165) is 41.8 Å². The molecular weight excluding hydrogens is 630 g/mol. The summed E-state index contributed by atoms with van der Waals surface area (Å²) in [4.78, 5) is 27.9. The summed E-state index contributed by atoms with van der Waals surface area (Å²) in [6.45, 7) is 6.42. The number of hydrogen-bond acceptors (Lipinski definition) is 3. The normalized spacial score (nSPS) is 25.8. The molecule has 0 unspecified atom stereocenters. The predicted octanol–water partition coefficient (Wildman–Crippen LogP) is 5.18. The van der Waals surface area contributed by atoms with E-state index in [1.54, 1.807) is 0 Å². The molecule has 1 N–H and O–H groups in total. The maximum atomic E-state index is 13.4. The molecule has 1 aromatic heterocycles. The molecule has 3 atom stereocenters. The van der Waals surface area contributed by atoms with Gasteiger partial charge in [0.05, 0.1) is 24.6 Å². The van der Waals surface area contributed by atoms with Crippen molar-refractivity contribution < 1.29 is 14.7 Å². The van der Waals surface area contributed by atoms with Crippen LogP contribution in [0.5, 0.6) is 0 Å². The number of rotatable bonds is 4. The van der Waals surface area contributed by atoms with E-state index in [4.69, 9.17) is 0 Å². The molecule has 1 saturated heterocycles. The van der Waals surface area contributed by atoms with Crippen LogP contribution < -0.4 is 0 Å². The summed E-state index contributed by atoms with van der Waals surface area (Å²) in [7, 11) is 0. The number of fused-ring (bicyclic) bond motifs is 5. The van der Waals surface area contributed by atoms with Gasteiger partial charge in [-0.05, 0) is 99.8 Å². The SMILES string of the molecule is CC1(C)[C@H]2CC[C@]1(C)C(=O)N(C[C@H](O)Cn1c3ccc(I)cc3c3cc(I)ccc31)C2=O. The lowest BCUT2D eigenvalue weighted by Gasteiger charge is -2.48. The summed E-state index contributed by atoms with van der Waals surface area (Å²) in [5.74, 6) is -0.415. The molecule has 5 rings (SSSR count). The Morgan fingerprint density at radius 1 is 1.00 bits per heavy atom. The van der Waals surface area contributed by atoms with Crippen LogP contribution in [0.15, 0.2) is 36.4 Å². The zero-order valence-electron chi connectivity index (χ0n) is 18.4. The third-order valence-corrected chi connectivity index (χ3v) is 9.43. The van der Waals surface area contributed by atoms with Crippen LogP contribution in [0.25, 0.3) is 21.8 Å². The highest BCUT2D eigenvalue weighted by atomic mass is 127. The van der Waals surface area contributed by atoms with Crippen LogP contribution >= 0.6 is 45.2 Å². The Balaban J connectivity index is 1.48. The van der Waals surface area contributed by atoms with E-state index in [2.05, 4.69) is 86.1 Å². The number of hydrogen-bond donors (Lipinski definition) is 1. The lowest BCUT2D eigenvalue weighted by molar-refractivity contribution is -0.169. The summed E-state index contributed by atoms with van der Waals surface area (Å²) in [6, 6.07) is 12.6. The van der Waals surface area contributed by atoms with E-state index in [9.17, 15) is 14.7 Å². The highest BCUT2D eigenvalue weighted by Gasteiger charge is 2.64. The van der Waals surface area contributed by atoms with Crippen molar-refractivity contribution in [1.82, 2.24) is 9.47 Å². The fourth-order valence-corrected chi connectivity index (χ4v) is 6.78. The minimum Gasteiger partial charge on any atom is -0.389 e. The zero-order valence-corrected chi connectivity index (χ0v) is 22.7. The third kappa shape index (κ3) is 3.17. The first-order valence-electron chi connectivity index (χ1n) is 11.0. The molecule has 32 heavy (non-hydrogen) atoms. The molecule has 0 radical (unpaired) electrons. The maximum Gasteiger partial charge on any atom is 0.235 e. The van der Waals surface area contributed by atoms with Gasteiger partial charge < -0.3 is 9.67 Å². The number of imide groups is 1. The average Bonchev–Trinajstić information content (AvgIpc) is 3.12. The van der Waals surface area contributed by atoms with Crippen LogP contribution in [-0.2, 0) is 16.1 Å². The van der Waals surface area contributed by atoms with Gasteiger partial charge in [0.1, 0.15) is 0 Å². The quantitative estimate of drug-likeness (QED) is 0.312. The van der Waals surface area contributed by atoms with E-state index in [-0.39, 0.29) is 29.7 Å². The second-order valence-corrected chi connectivity index (χ2v) is 12.5. The van der Waals surface area contributed by atoms with Crippen molar-refractivity contribution in [1.29, 1.82) is 0 Å². The number of nitrogens with zero attached hydrogens (tertiary/aromatic N) is 2. The van der Waals surface area contributed by atoms with Gasteiger partial charge >= 0.3 is 0 Å². The van der Waals surface area contributed by atoms with Gasteiger partial charge in [0.25, 0.3) is 0 Å². The monoisotopic (exact) mass is 656 g/mol. The van der Waals surface area contributed by atoms with Crippen LogP contribution in [0.4, 0.5) is 0 Å². The first-order chi connectivity index (χ1) is 15.0. The van der Waals surface area contributed by atoms with Crippen LogP contribution in [-0.4, -0.2) is 39.0 Å². The standard InChI is InChI=1S/C25H26I2N2O3/c1-24(2)19-8-9-25(24,3)23(32)29(22(19)31)13-16(30)12-28-20-6-4-14(26)10-17(20)18-11-15(27)5-7-21(18)28/h4-7,10-11,16,19,30H,8-9,12-13H2,1-3H3/t16-,19+,25-/m1/s1. The molecule has 5 nitrogen and oxygen atoms in total. The number of likely N-dealkylation sites (tertiary alicyclic amines) is 1. The lowest BCUT2D eigenvalue weighted by atomic mass is 9.62. The molecule has 2 heterocycles. The van der Waals surface area contributed by atoms with Gasteiger partial charge in [0.15, 0.2) is 0 Å². The molecule has 1 aliphatic heterocycles. The Labute approximate surface area is 214 Å². The molecule has 168 valence electrons. The smallest absolute Gasteiger partial charge is 0.235 e. The van der Waals surface area contributed by atoms with Crippen molar-refractivity contribution in [2.24, 2.45) is 16.7 Å². The zero-order chi connectivity index (χ0) is 23.0. The third-order valence-electron chi connectivity index (χ3n) is 8.08. The van der Waals surface area contributed by atoms with Crippen molar-refractivity contribution in [3.8, 4) is 0 Å². The first kappa shape index (κ1) is 22.6. The number of aliphatic hydroxyl groups is 1. The summed E-state index contributed by atoms with van der Waals surface area (Å²) >= 11 is 4.63. The fraction of sp³-hybridized carbons (Fsp3) is 0.440. The predicted molar refractivity (Wildman–Crippen MR) is 142 cm³/mol. The van der Waals surface area contributed by atoms with E-state index >= 15 is 0 Å². The van der Waals surface area contributed by atoms with Gasteiger partial charge in [-0.2, -0.15) is 0 Å². The Morgan fingerprint density at radius 2 is 1.56 bits per heavy atom. The number of benzene rings is 2. The van der Waals surface area contributed by atoms with Gasteiger partial charge in [-0.25, -0.2) is 0 Å². The summed E-state index contributed by atoms with van der Waals surface area (Å²) in [6.07, 6.45) is 0.626. The number of piperidine rings is 1. The molecular formula is C25H26I2N2O3. The largest absolute Gasteiger partial charge is 0.389 e. The van der Waals surface area contributed by atoms with Crippen molar-refractivity contribution in [2.45, 2.75) is 46.3 Å². The van der Waals surface area contributed by atoms with Crippen molar-refractivity contribution >= 4 is 78.8 Å². The van der Waals surface area contributed by atoms with E-state index in [0.29, 0.717) is 6.54 Å². The minimum atomic E-state index is -0.843. The van der Waals surface area contributed by atoms with Crippen molar-refractivity contribution in [2.75, 3.05) is 6.54 Å². The lowest BCUT2D eigenvalue weighted by Crippen LogP contribution is -2.60. The van der Waals surface area contributed by atoms with Crippen LogP contribution in [0.2, 0.25) is 0 Å². The number of halogens is 2. The summed E-state index contributed by atoms with van der Waals surface area (Å²) in [5, 5.41) is 13.4. The molecule has 2 bridgehead atoms. The number of carbonyl (C=O) groups is 2. The van der Waals surface area contributed by atoms with Gasteiger partial charge in [0, 0.05) is 34.9 Å². The number of aliphatic hydroxyl groups excluding tert-OH is 1. The second-order valence-electron chi connectivity index (χ2n) is 9.99. The molecule has 0 spiro atoms. The van der Waals surface area contributed by atoms with Crippen LogP contribution in [0.3, 0.4) is 0 Å². The first-order valence-corrected chi connectivity index (χ1v) is 13.1.